The zero-order valence-electron chi connectivity index (χ0n) is 14.7. The van der Waals surface area contributed by atoms with Crippen LogP contribution in [0.5, 0.6) is 11.5 Å². The molecule has 0 saturated heterocycles. The van der Waals surface area contributed by atoms with Crippen molar-refractivity contribution >= 4 is 17.5 Å². The summed E-state index contributed by atoms with van der Waals surface area (Å²) in [6.45, 7) is 3.32. The van der Waals surface area contributed by atoms with Crippen LogP contribution < -0.4 is 14.8 Å². The molecule has 7 heteroatoms. The number of benzene rings is 1. The van der Waals surface area contributed by atoms with Crippen molar-refractivity contribution in [3.8, 4) is 11.5 Å². The van der Waals surface area contributed by atoms with Gasteiger partial charge in [-0.05, 0) is 31.2 Å². The third-order valence-electron chi connectivity index (χ3n) is 4.06. The summed E-state index contributed by atoms with van der Waals surface area (Å²) in [5.74, 6) is 1.69. The number of rotatable bonds is 7. The quantitative estimate of drug-likeness (QED) is 0.822. The molecule has 2 amide bonds. The lowest BCUT2D eigenvalue weighted by molar-refractivity contribution is -0.134. The van der Waals surface area contributed by atoms with Crippen LogP contribution in [0, 0.1) is 0 Å². The number of carbonyl (C=O) groups is 2. The molecule has 3 rings (SSSR count). The van der Waals surface area contributed by atoms with Crippen LogP contribution in [0.2, 0.25) is 0 Å². The van der Waals surface area contributed by atoms with Gasteiger partial charge in [0.2, 0.25) is 11.8 Å². The van der Waals surface area contributed by atoms with Gasteiger partial charge in [0.05, 0.1) is 12.8 Å². The van der Waals surface area contributed by atoms with Crippen LogP contribution in [-0.4, -0.2) is 43.0 Å². The number of hydrogen-bond acceptors (Lipinski definition) is 5. The minimum Gasteiger partial charge on any atom is -0.486 e. The summed E-state index contributed by atoms with van der Waals surface area (Å²) in [4.78, 5) is 26.1. The van der Waals surface area contributed by atoms with Crippen molar-refractivity contribution in [2.75, 3.05) is 31.6 Å². The molecule has 1 aliphatic heterocycles. The number of carbonyl (C=O) groups excluding carboxylic acids is 2. The van der Waals surface area contributed by atoms with E-state index in [4.69, 9.17) is 13.9 Å². The highest BCUT2D eigenvalue weighted by Crippen LogP contribution is 2.32. The minimum absolute atomic E-state index is 0.00191. The second-order valence-corrected chi connectivity index (χ2v) is 5.89. The first kappa shape index (κ1) is 17.8. The first-order valence-corrected chi connectivity index (χ1v) is 8.65. The number of nitrogens with one attached hydrogen (secondary N) is 1. The maximum atomic E-state index is 12.3. The van der Waals surface area contributed by atoms with Gasteiger partial charge in [-0.2, -0.15) is 0 Å². The Morgan fingerprint density at radius 1 is 1.15 bits per heavy atom. The molecule has 0 spiro atoms. The highest BCUT2D eigenvalue weighted by molar-refractivity contribution is 5.94. The van der Waals surface area contributed by atoms with Gasteiger partial charge >= 0.3 is 0 Å². The first-order chi connectivity index (χ1) is 12.7. The van der Waals surface area contributed by atoms with E-state index in [0.717, 1.165) is 5.76 Å². The van der Waals surface area contributed by atoms with Gasteiger partial charge in [-0.25, -0.2) is 0 Å². The molecule has 1 aromatic heterocycles. The first-order valence-electron chi connectivity index (χ1n) is 8.65. The lowest BCUT2D eigenvalue weighted by Gasteiger charge is -2.21. The van der Waals surface area contributed by atoms with E-state index in [0.29, 0.717) is 49.8 Å². The highest BCUT2D eigenvalue weighted by Gasteiger charge is 2.17. The second kappa shape index (κ2) is 8.42. The summed E-state index contributed by atoms with van der Waals surface area (Å²) in [6.07, 6.45) is 2.41. The van der Waals surface area contributed by atoms with Gasteiger partial charge in [0.1, 0.15) is 19.0 Å². The molecule has 0 bridgehead atoms. The smallest absolute Gasteiger partial charge is 0.243 e. The molecule has 0 fully saturated rings. The number of aryl methyl sites for hydroxylation is 1. The van der Waals surface area contributed by atoms with Crippen molar-refractivity contribution in [1.29, 1.82) is 0 Å². The van der Waals surface area contributed by atoms with Gasteiger partial charge in [0, 0.05) is 31.1 Å². The van der Waals surface area contributed by atoms with Crippen molar-refractivity contribution < 1.29 is 23.5 Å². The summed E-state index contributed by atoms with van der Waals surface area (Å²) in [7, 11) is 0. The Hall–Kier alpha value is -2.96. The number of nitrogens with zero attached hydrogens (tertiary/aromatic N) is 1. The van der Waals surface area contributed by atoms with Crippen LogP contribution in [0.1, 0.15) is 19.1 Å². The lowest BCUT2D eigenvalue weighted by atomic mass is 10.2. The highest BCUT2D eigenvalue weighted by atomic mass is 16.6. The molecule has 138 valence electrons. The van der Waals surface area contributed by atoms with Crippen molar-refractivity contribution in [2.45, 2.75) is 19.8 Å². The van der Waals surface area contributed by atoms with Crippen molar-refractivity contribution in [3.63, 3.8) is 0 Å². The molecule has 1 N–H and O–H groups in total. The lowest BCUT2D eigenvalue weighted by Crippen LogP contribution is -2.38. The molecule has 1 aliphatic rings. The number of ether oxygens (including phenoxy) is 2. The molecule has 2 heterocycles. The van der Waals surface area contributed by atoms with Crippen molar-refractivity contribution in [3.05, 3.63) is 42.4 Å². The van der Waals surface area contributed by atoms with Crippen LogP contribution in [0.15, 0.2) is 41.0 Å². The molecule has 0 radical (unpaired) electrons. The van der Waals surface area contributed by atoms with Gasteiger partial charge in [-0.3, -0.25) is 9.59 Å². The normalized spacial score (nSPS) is 12.5. The van der Waals surface area contributed by atoms with Crippen LogP contribution >= 0.6 is 0 Å². The molecule has 0 aliphatic carbocycles. The third-order valence-corrected chi connectivity index (χ3v) is 4.06. The van der Waals surface area contributed by atoms with E-state index in [1.807, 2.05) is 13.0 Å². The maximum Gasteiger partial charge on any atom is 0.243 e. The molecule has 0 atom stereocenters. The zero-order valence-corrected chi connectivity index (χ0v) is 14.7. The molecule has 26 heavy (non-hydrogen) atoms. The molecular formula is C19H22N2O5. The molecule has 7 nitrogen and oxygen atoms in total. The number of furan rings is 1. The van der Waals surface area contributed by atoms with E-state index in [-0.39, 0.29) is 18.4 Å². The second-order valence-electron chi connectivity index (χ2n) is 5.89. The Labute approximate surface area is 151 Å². The summed E-state index contributed by atoms with van der Waals surface area (Å²) < 4.78 is 16.2. The molecule has 0 saturated carbocycles. The number of amides is 2. The van der Waals surface area contributed by atoms with E-state index in [1.54, 1.807) is 30.5 Å². The van der Waals surface area contributed by atoms with E-state index in [1.165, 1.54) is 4.90 Å². The summed E-state index contributed by atoms with van der Waals surface area (Å²) in [5.41, 5.74) is 0.610. The van der Waals surface area contributed by atoms with Crippen molar-refractivity contribution in [1.82, 2.24) is 4.90 Å². The maximum absolute atomic E-state index is 12.3. The van der Waals surface area contributed by atoms with Crippen LogP contribution in [0.25, 0.3) is 0 Å². The largest absolute Gasteiger partial charge is 0.486 e. The van der Waals surface area contributed by atoms with Crippen LogP contribution in [-0.2, 0) is 16.0 Å². The van der Waals surface area contributed by atoms with Gasteiger partial charge in [-0.15, -0.1) is 0 Å². The fourth-order valence-corrected chi connectivity index (χ4v) is 2.71. The predicted octanol–water partition coefficient (Wildman–Crippen LogP) is 2.47. The fourth-order valence-electron chi connectivity index (χ4n) is 2.71. The van der Waals surface area contributed by atoms with Gasteiger partial charge in [0.15, 0.2) is 11.5 Å². The van der Waals surface area contributed by atoms with Gasteiger partial charge in [0.25, 0.3) is 0 Å². The zero-order chi connectivity index (χ0) is 18.4. The molecular weight excluding hydrogens is 336 g/mol. The summed E-state index contributed by atoms with van der Waals surface area (Å²) in [6, 6.07) is 8.86. The Morgan fingerprint density at radius 3 is 2.69 bits per heavy atom. The average molecular weight is 358 g/mol. The van der Waals surface area contributed by atoms with E-state index >= 15 is 0 Å². The number of fused-ring (bicyclic) bond motifs is 1. The van der Waals surface area contributed by atoms with E-state index in [2.05, 4.69) is 5.32 Å². The van der Waals surface area contributed by atoms with Gasteiger partial charge in [-0.1, -0.05) is 0 Å². The van der Waals surface area contributed by atoms with Crippen LogP contribution in [0.3, 0.4) is 0 Å². The van der Waals surface area contributed by atoms with E-state index in [9.17, 15) is 9.59 Å². The SMILES string of the molecule is CCN(CC(=O)Nc1ccc2c(c1)OCCO2)C(=O)CCc1ccco1. The standard InChI is InChI=1S/C19H22N2O5/c1-2-21(19(23)8-6-15-4-3-9-24-15)13-18(22)20-14-5-7-16-17(12-14)26-11-10-25-16/h3-5,7,9,12H,2,6,8,10-11,13H2,1H3,(H,20,22). The monoisotopic (exact) mass is 358 g/mol. The number of likely N-dealkylation sites (N-methyl/N-ethyl adjacent to an activating group) is 1. The number of anilines is 1. The summed E-state index contributed by atoms with van der Waals surface area (Å²) >= 11 is 0. The van der Waals surface area contributed by atoms with E-state index < -0.39 is 0 Å². The Morgan fingerprint density at radius 2 is 1.96 bits per heavy atom. The molecule has 0 unspecified atom stereocenters. The topological polar surface area (TPSA) is 81.0 Å². The Bertz CT molecular complexity index is 757. The molecule has 1 aromatic carbocycles. The Kier molecular flexibility index (Phi) is 5.78. The van der Waals surface area contributed by atoms with Crippen LogP contribution in [0.4, 0.5) is 5.69 Å². The average Bonchev–Trinajstić information content (AvgIpc) is 3.17. The minimum atomic E-state index is -0.255. The predicted molar refractivity (Wildman–Crippen MR) is 95.3 cm³/mol. The van der Waals surface area contributed by atoms with Gasteiger partial charge < -0.3 is 24.1 Å². The Balaban J connectivity index is 1.52. The fraction of sp³-hybridized carbons (Fsp3) is 0.368. The molecule has 2 aromatic rings. The summed E-state index contributed by atoms with van der Waals surface area (Å²) in [5, 5.41) is 2.79. The number of hydrogen-bond donors (Lipinski definition) is 1. The van der Waals surface area contributed by atoms with Crippen molar-refractivity contribution in [2.24, 2.45) is 0 Å². The third kappa shape index (κ3) is 4.56.